The quantitative estimate of drug-likeness (QED) is 0.564. The zero-order valence-electron chi connectivity index (χ0n) is 21.0. The molecule has 4 rings (SSSR count). The Balaban J connectivity index is 1.48. The number of hydrogen-bond donors (Lipinski definition) is 1. The maximum Gasteiger partial charge on any atom is 0.242 e. The molecule has 8 heteroatoms. The first-order valence-corrected chi connectivity index (χ1v) is 12.8. The van der Waals surface area contributed by atoms with Crippen LogP contribution in [-0.4, -0.2) is 54.0 Å². The highest BCUT2D eigenvalue weighted by molar-refractivity contribution is 5.88. The van der Waals surface area contributed by atoms with Gasteiger partial charge in [0.2, 0.25) is 17.7 Å². The molecule has 0 radical (unpaired) electrons. The van der Waals surface area contributed by atoms with Gasteiger partial charge in [0.25, 0.3) is 0 Å². The number of nitrogens with zero attached hydrogens (tertiary/aromatic N) is 2. The molecule has 1 atom stereocenters. The van der Waals surface area contributed by atoms with Gasteiger partial charge in [-0.25, -0.2) is 4.98 Å². The standard InChI is InChI=1S/C27H37N3O5/c1-18(26(32)28-20-9-7-8-10-20)30(22-11-5-4-6-12-22)25(31)16-21-17-35-27(29-21)19-13-14-23(33-2)24(15-19)34-3/h13-15,17-18,20,22H,4-12,16H2,1-3H3,(H,28,32). The van der Waals surface area contributed by atoms with Crippen LogP contribution in [0.3, 0.4) is 0 Å². The lowest BCUT2D eigenvalue weighted by atomic mass is 9.92. The van der Waals surface area contributed by atoms with E-state index in [1.807, 2.05) is 17.9 Å². The molecule has 1 aromatic carbocycles. The van der Waals surface area contributed by atoms with Crippen LogP contribution < -0.4 is 14.8 Å². The second kappa shape index (κ2) is 11.6. The van der Waals surface area contributed by atoms with Gasteiger partial charge in [-0.3, -0.25) is 9.59 Å². The van der Waals surface area contributed by atoms with Crippen LogP contribution in [0.15, 0.2) is 28.9 Å². The molecule has 190 valence electrons. The number of ether oxygens (including phenoxy) is 2. The summed E-state index contributed by atoms with van der Waals surface area (Å²) in [7, 11) is 3.16. The lowest BCUT2D eigenvalue weighted by molar-refractivity contribution is -0.143. The highest BCUT2D eigenvalue weighted by Gasteiger charge is 2.34. The number of nitrogens with one attached hydrogen (secondary N) is 1. The molecule has 2 aromatic rings. The van der Waals surface area contributed by atoms with Gasteiger partial charge >= 0.3 is 0 Å². The SMILES string of the molecule is COc1ccc(-c2nc(CC(=O)N(C3CCCCC3)C(C)C(=O)NC3CCCC3)co2)cc1OC. The van der Waals surface area contributed by atoms with Crippen molar-refractivity contribution < 1.29 is 23.5 Å². The van der Waals surface area contributed by atoms with E-state index in [2.05, 4.69) is 10.3 Å². The Morgan fingerprint density at radius 1 is 1.06 bits per heavy atom. The number of methoxy groups -OCH3 is 2. The third-order valence-electron chi connectivity index (χ3n) is 7.27. The fraction of sp³-hybridized carbons (Fsp3) is 0.593. The van der Waals surface area contributed by atoms with Gasteiger partial charge in [0.05, 0.1) is 26.3 Å². The van der Waals surface area contributed by atoms with Crippen molar-refractivity contribution in [3.63, 3.8) is 0 Å². The highest BCUT2D eigenvalue weighted by atomic mass is 16.5. The van der Waals surface area contributed by atoms with Crippen molar-refractivity contribution in [2.45, 2.75) is 89.3 Å². The summed E-state index contributed by atoms with van der Waals surface area (Å²) >= 11 is 0. The molecule has 1 N–H and O–H groups in total. The van der Waals surface area contributed by atoms with Gasteiger partial charge in [0.15, 0.2) is 11.5 Å². The van der Waals surface area contributed by atoms with E-state index in [9.17, 15) is 9.59 Å². The van der Waals surface area contributed by atoms with Crippen molar-refractivity contribution in [2.75, 3.05) is 14.2 Å². The van der Waals surface area contributed by atoms with E-state index in [1.54, 1.807) is 26.4 Å². The van der Waals surface area contributed by atoms with Gasteiger partial charge in [-0.2, -0.15) is 0 Å². The van der Waals surface area contributed by atoms with Crippen LogP contribution in [0.2, 0.25) is 0 Å². The zero-order chi connectivity index (χ0) is 24.8. The monoisotopic (exact) mass is 483 g/mol. The summed E-state index contributed by atoms with van der Waals surface area (Å²) in [6.07, 6.45) is 11.2. The molecule has 1 heterocycles. The summed E-state index contributed by atoms with van der Waals surface area (Å²) in [5.74, 6) is 1.46. The molecule has 2 fully saturated rings. The molecule has 0 spiro atoms. The van der Waals surface area contributed by atoms with E-state index < -0.39 is 6.04 Å². The molecule has 2 saturated carbocycles. The molecule has 35 heavy (non-hydrogen) atoms. The van der Waals surface area contributed by atoms with Crippen molar-refractivity contribution in [3.8, 4) is 23.0 Å². The number of oxazole rings is 1. The van der Waals surface area contributed by atoms with Gasteiger partial charge in [-0.05, 0) is 50.8 Å². The number of amides is 2. The van der Waals surface area contributed by atoms with E-state index in [0.717, 1.165) is 56.9 Å². The van der Waals surface area contributed by atoms with Crippen LogP contribution in [-0.2, 0) is 16.0 Å². The van der Waals surface area contributed by atoms with Crippen molar-refractivity contribution in [1.29, 1.82) is 0 Å². The molecule has 8 nitrogen and oxygen atoms in total. The summed E-state index contributed by atoms with van der Waals surface area (Å²) in [5, 5.41) is 3.17. The van der Waals surface area contributed by atoms with Crippen molar-refractivity contribution in [3.05, 3.63) is 30.2 Å². The van der Waals surface area contributed by atoms with Gasteiger partial charge in [0.1, 0.15) is 12.3 Å². The van der Waals surface area contributed by atoms with Crippen LogP contribution >= 0.6 is 0 Å². The number of carbonyl (C=O) groups is 2. The predicted octanol–water partition coefficient (Wildman–Crippen LogP) is 4.51. The third kappa shape index (κ3) is 5.97. The number of carbonyl (C=O) groups excluding carboxylic acids is 2. The van der Waals surface area contributed by atoms with Crippen LogP contribution in [0.4, 0.5) is 0 Å². The van der Waals surface area contributed by atoms with Gasteiger partial charge in [0, 0.05) is 17.6 Å². The molecule has 0 bridgehead atoms. The first kappa shape index (κ1) is 25.1. The Morgan fingerprint density at radius 2 is 1.74 bits per heavy atom. The summed E-state index contributed by atoms with van der Waals surface area (Å²) < 4.78 is 16.4. The Labute approximate surface area is 207 Å². The molecule has 0 aliphatic heterocycles. The minimum absolute atomic E-state index is 0.0537. The second-order valence-electron chi connectivity index (χ2n) is 9.65. The summed E-state index contributed by atoms with van der Waals surface area (Å²) in [6, 6.07) is 5.22. The maximum atomic E-state index is 13.6. The van der Waals surface area contributed by atoms with Crippen LogP contribution in [0, 0.1) is 0 Å². The summed E-state index contributed by atoms with van der Waals surface area (Å²) in [6.45, 7) is 1.86. The van der Waals surface area contributed by atoms with Gasteiger partial charge in [-0.15, -0.1) is 0 Å². The molecule has 0 saturated heterocycles. The zero-order valence-corrected chi connectivity index (χ0v) is 21.0. The lowest BCUT2D eigenvalue weighted by Gasteiger charge is -2.38. The maximum absolute atomic E-state index is 13.6. The fourth-order valence-corrected chi connectivity index (χ4v) is 5.35. The Hall–Kier alpha value is -3.03. The van der Waals surface area contributed by atoms with Crippen molar-refractivity contribution >= 4 is 11.8 Å². The average molecular weight is 484 g/mol. The normalized spacial score (nSPS) is 17.7. The third-order valence-corrected chi connectivity index (χ3v) is 7.27. The first-order chi connectivity index (χ1) is 17.0. The molecular weight excluding hydrogens is 446 g/mol. The Morgan fingerprint density at radius 3 is 2.43 bits per heavy atom. The minimum Gasteiger partial charge on any atom is -0.493 e. The average Bonchev–Trinajstić information content (AvgIpc) is 3.56. The second-order valence-corrected chi connectivity index (χ2v) is 9.65. The molecule has 1 unspecified atom stereocenters. The van der Waals surface area contributed by atoms with Crippen molar-refractivity contribution in [2.24, 2.45) is 0 Å². The van der Waals surface area contributed by atoms with Crippen LogP contribution in [0.1, 0.15) is 70.4 Å². The van der Waals surface area contributed by atoms with Gasteiger partial charge in [-0.1, -0.05) is 32.1 Å². The summed E-state index contributed by atoms with van der Waals surface area (Å²) in [5.41, 5.74) is 1.28. The number of hydrogen-bond acceptors (Lipinski definition) is 6. The van der Waals surface area contributed by atoms with E-state index >= 15 is 0 Å². The van der Waals surface area contributed by atoms with E-state index in [1.165, 1.54) is 12.7 Å². The topological polar surface area (TPSA) is 93.9 Å². The van der Waals surface area contributed by atoms with Gasteiger partial charge < -0.3 is 24.1 Å². The molecule has 1 aromatic heterocycles. The smallest absolute Gasteiger partial charge is 0.242 e. The summed E-state index contributed by atoms with van der Waals surface area (Å²) in [4.78, 5) is 33.0. The molecule has 2 amide bonds. The molecule has 2 aliphatic carbocycles. The van der Waals surface area contributed by atoms with E-state index in [4.69, 9.17) is 13.9 Å². The predicted molar refractivity (Wildman–Crippen MR) is 132 cm³/mol. The minimum atomic E-state index is -0.511. The fourth-order valence-electron chi connectivity index (χ4n) is 5.35. The molecule has 2 aliphatic rings. The lowest BCUT2D eigenvalue weighted by Crippen LogP contribution is -2.54. The molecular formula is C27H37N3O5. The Bertz CT molecular complexity index is 1010. The first-order valence-electron chi connectivity index (χ1n) is 12.8. The highest BCUT2D eigenvalue weighted by Crippen LogP contribution is 2.32. The number of benzene rings is 1. The van der Waals surface area contributed by atoms with Crippen molar-refractivity contribution in [1.82, 2.24) is 15.2 Å². The largest absolute Gasteiger partial charge is 0.493 e. The van der Waals surface area contributed by atoms with E-state index in [0.29, 0.717) is 23.1 Å². The van der Waals surface area contributed by atoms with E-state index in [-0.39, 0.29) is 30.3 Å². The number of rotatable bonds is 9. The Kier molecular flexibility index (Phi) is 8.31. The number of aromatic nitrogens is 1. The van der Waals surface area contributed by atoms with Crippen LogP contribution in [0.5, 0.6) is 11.5 Å². The van der Waals surface area contributed by atoms with Crippen LogP contribution in [0.25, 0.3) is 11.5 Å².